The molecule has 0 aliphatic heterocycles. The number of nitrogens with zero attached hydrogens (tertiary/aromatic N) is 2. The van der Waals surface area contributed by atoms with Gasteiger partial charge in [-0.25, -0.2) is 9.97 Å². The zero-order valence-electron chi connectivity index (χ0n) is 8.42. The van der Waals surface area contributed by atoms with Gasteiger partial charge in [0.1, 0.15) is 12.1 Å². The van der Waals surface area contributed by atoms with Gasteiger partial charge in [0.2, 0.25) is 0 Å². The van der Waals surface area contributed by atoms with Crippen LogP contribution in [0.4, 0.5) is 5.82 Å². The van der Waals surface area contributed by atoms with Crippen molar-refractivity contribution in [2.75, 3.05) is 11.9 Å². The largest absolute Gasteiger partial charge is 0.365 e. The van der Waals surface area contributed by atoms with Crippen LogP contribution in [0.3, 0.4) is 0 Å². The first-order valence-electron chi connectivity index (χ1n) is 4.48. The van der Waals surface area contributed by atoms with E-state index in [0.29, 0.717) is 12.5 Å². The number of aromatic nitrogens is 2. The molecule has 0 saturated heterocycles. The third-order valence-corrected chi connectivity index (χ3v) is 2.02. The molecule has 0 unspecified atom stereocenters. The molecule has 0 amide bonds. The minimum absolute atomic E-state index is 0.422. The van der Waals surface area contributed by atoms with Crippen LogP contribution in [0.1, 0.15) is 25.5 Å². The molecule has 0 aromatic carbocycles. The second kappa shape index (κ2) is 5.10. The molecule has 1 rings (SSSR count). The Morgan fingerprint density at radius 2 is 2.29 bits per heavy atom. The molecule has 76 valence electrons. The van der Waals surface area contributed by atoms with Gasteiger partial charge >= 0.3 is 0 Å². The summed E-state index contributed by atoms with van der Waals surface area (Å²) >= 11 is 3.28. The molecular weight excluding hydrogens is 242 g/mol. The molecule has 0 spiro atoms. The Labute approximate surface area is 92.8 Å². The minimum Gasteiger partial charge on any atom is -0.365 e. The van der Waals surface area contributed by atoms with E-state index in [1.54, 1.807) is 6.33 Å². The normalized spacial score (nSPS) is 10.3. The lowest BCUT2D eigenvalue weighted by Gasteiger charge is -2.07. The molecule has 0 bridgehead atoms. The molecule has 0 radical (unpaired) electrons. The van der Waals surface area contributed by atoms with Crippen LogP contribution in [0.2, 0.25) is 0 Å². The maximum atomic E-state index is 4.18. The number of halogens is 1. The summed E-state index contributed by atoms with van der Waals surface area (Å²) in [5.74, 6) is 1.26. The van der Waals surface area contributed by atoms with Crippen molar-refractivity contribution in [3.05, 3.63) is 29.1 Å². The molecule has 0 fully saturated rings. The summed E-state index contributed by atoms with van der Waals surface area (Å²) in [6.45, 7) is 8.63. The van der Waals surface area contributed by atoms with Crippen molar-refractivity contribution in [1.82, 2.24) is 9.97 Å². The monoisotopic (exact) mass is 255 g/mol. The van der Waals surface area contributed by atoms with E-state index in [2.05, 4.69) is 51.6 Å². The molecule has 0 aliphatic rings. The Morgan fingerprint density at radius 3 is 2.86 bits per heavy atom. The molecule has 1 heterocycles. The summed E-state index contributed by atoms with van der Waals surface area (Å²) in [6.07, 6.45) is 1.58. The van der Waals surface area contributed by atoms with Gasteiger partial charge < -0.3 is 5.32 Å². The van der Waals surface area contributed by atoms with Gasteiger partial charge in [0.05, 0.1) is 0 Å². The van der Waals surface area contributed by atoms with E-state index in [1.807, 2.05) is 6.07 Å². The highest BCUT2D eigenvalue weighted by Gasteiger charge is 2.02. The van der Waals surface area contributed by atoms with Crippen LogP contribution in [-0.4, -0.2) is 16.5 Å². The van der Waals surface area contributed by atoms with Gasteiger partial charge in [-0.05, 0) is 5.92 Å². The van der Waals surface area contributed by atoms with Crippen LogP contribution >= 0.6 is 15.9 Å². The first kappa shape index (κ1) is 11.2. The highest BCUT2D eigenvalue weighted by molar-refractivity contribution is 9.11. The quantitative estimate of drug-likeness (QED) is 0.900. The Hall–Kier alpha value is -0.900. The van der Waals surface area contributed by atoms with Gasteiger partial charge in [0.15, 0.2) is 0 Å². The van der Waals surface area contributed by atoms with Crippen molar-refractivity contribution in [2.24, 2.45) is 0 Å². The highest BCUT2D eigenvalue weighted by Crippen LogP contribution is 2.14. The summed E-state index contributed by atoms with van der Waals surface area (Å²) in [5.41, 5.74) is 1.04. The smallest absolute Gasteiger partial charge is 0.129 e. The SMILES string of the molecule is C=C(Br)CNc1cc(C(C)C)ncn1. The summed E-state index contributed by atoms with van der Waals surface area (Å²) in [6, 6.07) is 1.96. The van der Waals surface area contributed by atoms with Crippen molar-refractivity contribution in [1.29, 1.82) is 0 Å². The molecule has 1 aromatic rings. The average Bonchev–Trinajstić information content (AvgIpc) is 2.15. The van der Waals surface area contributed by atoms with Crippen molar-refractivity contribution in [3.63, 3.8) is 0 Å². The van der Waals surface area contributed by atoms with Crippen LogP contribution < -0.4 is 5.32 Å². The average molecular weight is 256 g/mol. The maximum absolute atomic E-state index is 4.18. The lowest BCUT2D eigenvalue weighted by atomic mass is 10.1. The van der Waals surface area contributed by atoms with E-state index < -0.39 is 0 Å². The number of nitrogens with one attached hydrogen (secondary N) is 1. The van der Waals surface area contributed by atoms with Gasteiger partial charge in [-0.2, -0.15) is 0 Å². The van der Waals surface area contributed by atoms with Gasteiger partial charge in [-0.1, -0.05) is 36.4 Å². The van der Waals surface area contributed by atoms with Gasteiger partial charge in [0.25, 0.3) is 0 Å². The van der Waals surface area contributed by atoms with E-state index in [-0.39, 0.29) is 0 Å². The molecular formula is C10H14BrN3. The summed E-state index contributed by atoms with van der Waals surface area (Å²) in [7, 11) is 0. The van der Waals surface area contributed by atoms with Crippen LogP contribution in [0.25, 0.3) is 0 Å². The third-order valence-electron chi connectivity index (χ3n) is 1.74. The predicted molar refractivity (Wildman–Crippen MR) is 62.7 cm³/mol. The second-order valence-electron chi connectivity index (χ2n) is 3.35. The Balaban J connectivity index is 2.68. The number of rotatable bonds is 4. The molecule has 3 nitrogen and oxygen atoms in total. The first-order chi connectivity index (χ1) is 6.59. The molecule has 4 heteroatoms. The zero-order chi connectivity index (χ0) is 10.6. The van der Waals surface area contributed by atoms with Crippen LogP contribution in [0, 0.1) is 0 Å². The Bertz CT molecular complexity index is 323. The molecule has 1 aromatic heterocycles. The second-order valence-corrected chi connectivity index (χ2v) is 4.48. The van der Waals surface area contributed by atoms with Gasteiger partial charge in [-0.15, -0.1) is 0 Å². The molecule has 1 N–H and O–H groups in total. The van der Waals surface area contributed by atoms with Crippen LogP contribution in [0.5, 0.6) is 0 Å². The van der Waals surface area contributed by atoms with Crippen LogP contribution in [-0.2, 0) is 0 Å². The fourth-order valence-electron chi connectivity index (χ4n) is 0.971. The molecule has 0 aliphatic carbocycles. The molecule has 0 atom stereocenters. The van der Waals surface area contributed by atoms with Gasteiger partial charge in [-0.3, -0.25) is 0 Å². The maximum Gasteiger partial charge on any atom is 0.129 e. The molecule has 0 saturated carbocycles. The fourth-order valence-corrected chi connectivity index (χ4v) is 1.11. The van der Waals surface area contributed by atoms with Crippen LogP contribution in [0.15, 0.2) is 23.5 Å². The lowest BCUT2D eigenvalue weighted by molar-refractivity contribution is 0.814. The number of anilines is 1. The van der Waals surface area contributed by atoms with E-state index in [4.69, 9.17) is 0 Å². The predicted octanol–water partition coefficient (Wildman–Crippen LogP) is 2.92. The number of hydrogen-bond acceptors (Lipinski definition) is 3. The summed E-state index contributed by atoms with van der Waals surface area (Å²) in [4.78, 5) is 8.29. The lowest BCUT2D eigenvalue weighted by Crippen LogP contribution is -2.04. The van der Waals surface area contributed by atoms with Crippen molar-refractivity contribution >= 4 is 21.7 Å². The summed E-state index contributed by atoms with van der Waals surface area (Å²) in [5, 5.41) is 3.14. The summed E-state index contributed by atoms with van der Waals surface area (Å²) < 4.78 is 0.905. The Kier molecular flexibility index (Phi) is 4.07. The van der Waals surface area contributed by atoms with E-state index in [1.165, 1.54) is 0 Å². The van der Waals surface area contributed by atoms with E-state index in [9.17, 15) is 0 Å². The van der Waals surface area contributed by atoms with Gasteiger partial charge in [0, 0.05) is 22.8 Å². The third kappa shape index (κ3) is 3.46. The van der Waals surface area contributed by atoms with E-state index >= 15 is 0 Å². The number of hydrogen-bond donors (Lipinski definition) is 1. The highest BCUT2D eigenvalue weighted by atomic mass is 79.9. The van der Waals surface area contributed by atoms with Crippen molar-refractivity contribution in [3.8, 4) is 0 Å². The zero-order valence-corrected chi connectivity index (χ0v) is 10.0. The molecule has 14 heavy (non-hydrogen) atoms. The van der Waals surface area contributed by atoms with E-state index in [0.717, 1.165) is 16.0 Å². The standard InChI is InChI=1S/C10H14BrN3/c1-7(2)9-4-10(14-6-13-9)12-5-8(3)11/h4,6-7H,3,5H2,1-2H3,(H,12,13,14). The minimum atomic E-state index is 0.422. The topological polar surface area (TPSA) is 37.8 Å². The fraction of sp³-hybridized carbons (Fsp3) is 0.400. The Morgan fingerprint density at radius 1 is 1.57 bits per heavy atom. The van der Waals surface area contributed by atoms with Crippen molar-refractivity contribution in [2.45, 2.75) is 19.8 Å². The first-order valence-corrected chi connectivity index (χ1v) is 5.28. The van der Waals surface area contributed by atoms with Crippen molar-refractivity contribution < 1.29 is 0 Å².